The molecule has 1 aliphatic rings. The fraction of sp³-hybridized carbons (Fsp3) is 0.467. The lowest BCUT2D eigenvalue weighted by molar-refractivity contribution is -0.143. The highest BCUT2D eigenvalue weighted by Crippen LogP contribution is 2.29. The van der Waals surface area contributed by atoms with E-state index in [4.69, 9.17) is 16.7 Å². The highest BCUT2D eigenvalue weighted by Gasteiger charge is 2.25. The second-order valence-electron chi connectivity index (χ2n) is 5.46. The van der Waals surface area contributed by atoms with Crippen LogP contribution in [0.2, 0.25) is 5.02 Å². The number of carbonyl (C=O) groups is 2. The first-order valence-corrected chi connectivity index (χ1v) is 7.72. The molecule has 0 aliphatic carbocycles. The molecule has 1 aromatic rings. The SMILES string of the molecule is Cl.O=C(CN1CCC(C(=O)O)CC1)Nc1ccc(OC(F)F)c(Cl)c1. The lowest BCUT2D eigenvalue weighted by Gasteiger charge is -2.29. The Hall–Kier alpha value is -1.64. The van der Waals surface area contributed by atoms with Crippen LogP contribution in [-0.4, -0.2) is 48.1 Å². The summed E-state index contributed by atoms with van der Waals surface area (Å²) in [7, 11) is 0. The van der Waals surface area contributed by atoms with Crippen LogP contribution >= 0.6 is 24.0 Å². The molecule has 0 atom stereocenters. The number of nitrogens with zero attached hydrogens (tertiary/aromatic N) is 1. The summed E-state index contributed by atoms with van der Waals surface area (Å²) in [4.78, 5) is 24.8. The molecule has 0 bridgehead atoms. The number of carboxylic acids is 1. The number of piperidine rings is 1. The molecule has 0 radical (unpaired) electrons. The average Bonchev–Trinajstić information content (AvgIpc) is 2.50. The molecule has 0 saturated carbocycles. The Bertz CT molecular complexity index is 611. The van der Waals surface area contributed by atoms with E-state index in [2.05, 4.69) is 10.1 Å². The number of alkyl halides is 2. The van der Waals surface area contributed by atoms with Gasteiger partial charge in [-0.2, -0.15) is 8.78 Å². The van der Waals surface area contributed by atoms with E-state index in [0.29, 0.717) is 31.6 Å². The smallest absolute Gasteiger partial charge is 0.387 e. The number of carbonyl (C=O) groups excluding carboxylic acids is 1. The van der Waals surface area contributed by atoms with Gasteiger partial charge in [0.1, 0.15) is 5.75 Å². The summed E-state index contributed by atoms with van der Waals surface area (Å²) in [5.74, 6) is -1.62. The maximum atomic E-state index is 12.2. The molecule has 0 unspecified atom stereocenters. The highest BCUT2D eigenvalue weighted by molar-refractivity contribution is 6.32. The Morgan fingerprint density at radius 3 is 2.52 bits per heavy atom. The molecule has 0 spiro atoms. The Morgan fingerprint density at radius 1 is 1.36 bits per heavy atom. The number of halogens is 4. The number of aliphatic carboxylic acids is 1. The summed E-state index contributed by atoms with van der Waals surface area (Å²) in [5, 5.41) is 11.5. The van der Waals surface area contributed by atoms with E-state index < -0.39 is 12.6 Å². The minimum absolute atomic E-state index is 0. The normalized spacial score (nSPS) is 15.5. The molecular formula is C15H18Cl2F2N2O4. The van der Waals surface area contributed by atoms with Crippen molar-refractivity contribution >= 4 is 41.6 Å². The summed E-state index contributed by atoms with van der Waals surface area (Å²) in [6.45, 7) is -1.78. The molecule has 2 N–H and O–H groups in total. The maximum Gasteiger partial charge on any atom is 0.387 e. The van der Waals surface area contributed by atoms with E-state index >= 15 is 0 Å². The van der Waals surface area contributed by atoms with Crippen LogP contribution in [0.15, 0.2) is 18.2 Å². The van der Waals surface area contributed by atoms with E-state index in [1.54, 1.807) is 0 Å². The Kier molecular flexibility index (Phi) is 8.34. The number of nitrogens with one attached hydrogen (secondary N) is 1. The van der Waals surface area contributed by atoms with Crippen LogP contribution in [0.1, 0.15) is 12.8 Å². The third-order valence-electron chi connectivity index (χ3n) is 3.74. The zero-order valence-electron chi connectivity index (χ0n) is 13.1. The van der Waals surface area contributed by atoms with Gasteiger partial charge in [0, 0.05) is 5.69 Å². The minimum atomic E-state index is -2.98. The monoisotopic (exact) mass is 398 g/mol. The van der Waals surface area contributed by atoms with Gasteiger partial charge in [0.25, 0.3) is 0 Å². The molecule has 25 heavy (non-hydrogen) atoms. The molecule has 140 valence electrons. The molecule has 10 heteroatoms. The number of amides is 1. The van der Waals surface area contributed by atoms with Gasteiger partial charge in [0.05, 0.1) is 17.5 Å². The summed E-state index contributed by atoms with van der Waals surface area (Å²) in [5.41, 5.74) is 0.368. The molecule has 1 saturated heterocycles. The first-order chi connectivity index (χ1) is 11.3. The van der Waals surface area contributed by atoms with Crippen molar-refractivity contribution in [3.05, 3.63) is 23.2 Å². The number of carboxylic acid groups (broad SMARTS) is 1. The molecule has 1 amide bonds. The van der Waals surface area contributed by atoms with Crippen LogP contribution in [0.4, 0.5) is 14.5 Å². The summed E-state index contributed by atoms with van der Waals surface area (Å²) < 4.78 is 28.5. The van der Waals surface area contributed by atoms with Gasteiger partial charge in [-0.05, 0) is 44.1 Å². The van der Waals surface area contributed by atoms with Crippen molar-refractivity contribution < 1.29 is 28.2 Å². The zero-order chi connectivity index (χ0) is 17.7. The van der Waals surface area contributed by atoms with Gasteiger partial charge in [-0.15, -0.1) is 12.4 Å². The first-order valence-electron chi connectivity index (χ1n) is 7.34. The van der Waals surface area contributed by atoms with Gasteiger partial charge in [-0.25, -0.2) is 0 Å². The van der Waals surface area contributed by atoms with Crippen LogP contribution in [0.25, 0.3) is 0 Å². The van der Waals surface area contributed by atoms with Crippen LogP contribution in [0, 0.1) is 5.92 Å². The Balaban J connectivity index is 0.00000312. The standard InChI is InChI=1S/C15H17ClF2N2O4.ClH/c16-11-7-10(1-2-12(11)24-15(17)18)19-13(21)8-20-5-3-9(4-6-20)14(22)23;/h1-2,7,9,15H,3-6,8H2,(H,19,21)(H,22,23);1H. The van der Waals surface area contributed by atoms with Gasteiger partial charge in [0.15, 0.2) is 0 Å². The minimum Gasteiger partial charge on any atom is -0.481 e. The highest BCUT2D eigenvalue weighted by atomic mass is 35.5. The molecule has 1 aliphatic heterocycles. The molecule has 2 rings (SSSR count). The number of likely N-dealkylation sites (tertiary alicyclic amines) is 1. The summed E-state index contributed by atoms with van der Waals surface area (Å²) in [6.07, 6.45) is 1.02. The quantitative estimate of drug-likeness (QED) is 0.769. The predicted octanol–water partition coefficient (Wildman–Crippen LogP) is 3.10. The molecule has 1 heterocycles. The Labute approximate surface area is 154 Å². The number of ether oxygens (including phenoxy) is 1. The van der Waals surface area contributed by atoms with Gasteiger partial charge >= 0.3 is 12.6 Å². The third kappa shape index (κ3) is 6.64. The van der Waals surface area contributed by atoms with E-state index in [9.17, 15) is 18.4 Å². The van der Waals surface area contributed by atoms with Crippen molar-refractivity contribution in [3.8, 4) is 5.75 Å². The third-order valence-corrected chi connectivity index (χ3v) is 4.03. The van der Waals surface area contributed by atoms with Crippen LogP contribution < -0.4 is 10.1 Å². The molecule has 1 aromatic carbocycles. The van der Waals surface area contributed by atoms with Crippen molar-refractivity contribution in [2.45, 2.75) is 19.5 Å². The largest absolute Gasteiger partial charge is 0.481 e. The molecule has 6 nitrogen and oxygen atoms in total. The zero-order valence-corrected chi connectivity index (χ0v) is 14.7. The van der Waals surface area contributed by atoms with E-state index in [1.807, 2.05) is 4.90 Å². The van der Waals surface area contributed by atoms with Gasteiger partial charge in [-0.3, -0.25) is 14.5 Å². The first kappa shape index (κ1) is 21.4. The van der Waals surface area contributed by atoms with Crippen molar-refractivity contribution in [1.29, 1.82) is 0 Å². The molecule has 1 fully saturated rings. The van der Waals surface area contributed by atoms with Gasteiger partial charge in [0.2, 0.25) is 5.91 Å². The van der Waals surface area contributed by atoms with Crippen molar-refractivity contribution in [3.63, 3.8) is 0 Å². The number of benzene rings is 1. The van der Waals surface area contributed by atoms with Crippen LogP contribution in [0.5, 0.6) is 5.75 Å². The lowest BCUT2D eigenvalue weighted by Crippen LogP contribution is -2.40. The van der Waals surface area contributed by atoms with Crippen LogP contribution in [0.3, 0.4) is 0 Å². The van der Waals surface area contributed by atoms with Gasteiger partial charge in [-0.1, -0.05) is 11.6 Å². The second kappa shape index (κ2) is 9.74. The van der Waals surface area contributed by atoms with E-state index in [1.165, 1.54) is 18.2 Å². The fourth-order valence-corrected chi connectivity index (χ4v) is 2.74. The van der Waals surface area contributed by atoms with Crippen molar-refractivity contribution in [2.75, 3.05) is 25.0 Å². The van der Waals surface area contributed by atoms with Crippen LogP contribution in [-0.2, 0) is 9.59 Å². The van der Waals surface area contributed by atoms with Crippen molar-refractivity contribution in [1.82, 2.24) is 4.90 Å². The summed E-state index contributed by atoms with van der Waals surface area (Å²) >= 11 is 5.82. The predicted molar refractivity (Wildman–Crippen MR) is 90.8 cm³/mol. The fourth-order valence-electron chi connectivity index (χ4n) is 2.51. The number of hydrogen-bond acceptors (Lipinski definition) is 4. The average molecular weight is 399 g/mol. The van der Waals surface area contributed by atoms with Crippen molar-refractivity contribution in [2.24, 2.45) is 5.92 Å². The van der Waals surface area contributed by atoms with E-state index in [-0.39, 0.29) is 41.5 Å². The topological polar surface area (TPSA) is 78.9 Å². The van der Waals surface area contributed by atoms with Gasteiger partial charge < -0.3 is 15.2 Å². The summed E-state index contributed by atoms with van der Waals surface area (Å²) in [6, 6.07) is 3.99. The molecular weight excluding hydrogens is 381 g/mol. The number of anilines is 1. The lowest BCUT2D eigenvalue weighted by atomic mass is 9.97. The molecule has 0 aromatic heterocycles. The Morgan fingerprint density at radius 2 is 2.00 bits per heavy atom. The van der Waals surface area contributed by atoms with E-state index in [0.717, 1.165) is 0 Å². The maximum absolute atomic E-state index is 12.2. The second-order valence-corrected chi connectivity index (χ2v) is 5.87. The number of rotatable bonds is 6. The number of hydrogen-bond donors (Lipinski definition) is 2.